The van der Waals surface area contributed by atoms with Crippen molar-refractivity contribution < 1.29 is 9.21 Å². The summed E-state index contributed by atoms with van der Waals surface area (Å²) in [5, 5.41) is 5.77. The standard InChI is InChI=1S/C20H21N3O2S/c1-12(2)15-6-9-18-17(11-15)23-19(25-18)10-14-4-7-16(8-5-14)22-20(26)21-13(3)24/h4-9,11-12H,10H2,1-3H3,(H2,21,22,24,26). The molecule has 0 bridgehead atoms. The van der Waals surface area contributed by atoms with Crippen LogP contribution in [0.15, 0.2) is 46.9 Å². The molecule has 0 spiro atoms. The second-order valence-electron chi connectivity index (χ2n) is 6.50. The van der Waals surface area contributed by atoms with Crippen molar-refractivity contribution in [3.05, 3.63) is 59.5 Å². The van der Waals surface area contributed by atoms with Gasteiger partial charge in [-0.3, -0.25) is 4.79 Å². The largest absolute Gasteiger partial charge is 0.440 e. The monoisotopic (exact) mass is 367 g/mol. The molecule has 134 valence electrons. The van der Waals surface area contributed by atoms with Gasteiger partial charge in [-0.05, 0) is 53.5 Å². The summed E-state index contributed by atoms with van der Waals surface area (Å²) in [5.41, 5.74) is 4.85. The maximum Gasteiger partial charge on any atom is 0.222 e. The van der Waals surface area contributed by atoms with Gasteiger partial charge in [0, 0.05) is 19.0 Å². The number of nitrogens with one attached hydrogen (secondary N) is 2. The number of aromatic nitrogens is 1. The lowest BCUT2D eigenvalue weighted by Crippen LogP contribution is -2.32. The number of anilines is 1. The number of carbonyl (C=O) groups is 1. The molecule has 1 amide bonds. The summed E-state index contributed by atoms with van der Waals surface area (Å²) in [6, 6.07) is 13.9. The number of benzene rings is 2. The zero-order chi connectivity index (χ0) is 18.7. The number of nitrogens with zero attached hydrogens (tertiary/aromatic N) is 1. The summed E-state index contributed by atoms with van der Waals surface area (Å²) in [6.45, 7) is 5.74. The first-order chi connectivity index (χ1) is 12.4. The summed E-state index contributed by atoms with van der Waals surface area (Å²) < 4.78 is 5.85. The highest BCUT2D eigenvalue weighted by Crippen LogP contribution is 2.23. The van der Waals surface area contributed by atoms with Gasteiger partial charge in [0.1, 0.15) is 5.52 Å². The van der Waals surface area contributed by atoms with E-state index in [1.807, 2.05) is 30.3 Å². The van der Waals surface area contributed by atoms with Gasteiger partial charge in [0.15, 0.2) is 16.6 Å². The number of carbonyl (C=O) groups excluding carboxylic acids is 1. The van der Waals surface area contributed by atoms with E-state index in [2.05, 4.69) is 41.6 Å². The zero-order valence-electron chi connectivity index (χ0n) is 15.0. The van der Waals surface area contributed by atoms with Crippen molar-refractivity contribution in [1.29, 1.82) is 0 Å². The molecule has 0 unspecified atom stereocenters. The first-order valence-corrected chi connectivity index (χ1v) is 8.88. The van der Waals surface area contributed by atoms with Crippen LogP contribution in [0.4, 0.5) is 5.69 Å². The van der Waals surface area contributed by atoms with Crippen molar-refractivity contribution in [2.24, 2.45) is 0 Å². The van der Waals surface area contributed by atoms with Gasteiger partial charge in [-0.1, -0.05) is 32.0 Å². The second-order valence-corrected chi connectivity index (χ2v) is 6.91. The third-order valence-corrected chi connectivity index (χ3v) is 4.18. The molecule has 0 saturated carbocycles. The Bertz CT molecular complexity index is 945. The number of hydrogen-bond acceptors (Lipinski definition) is 4. The molecule has 0 atom stereocenters. The number of oxazole rings is 1. The molecular formula is C20H21N3O2S. The summed E-state index contributed by atoms with van der Waals surface area (Å²) >= 11 is 5.05. The quantitative estimate of drug-likeness (QED) is 0.670. The number of thiocarbonyl (C=S) groups is 1. The summed E-state index contributed by atoms with van der Waals surface area (Å²) in [6.07, 6.45) is 0.613. The third kappa shape index (κ3) is 4.46. The van der Waals surface area contributed by atoms with Crippen LogP contribution in [0, 0.1) is 0 Å². The summed E-state index contributed by atoms with van der Waals surface area (Å²) in [5.74, 6) is 0.953. The Morgan fingerprint density at radius 1 is 1.19 bits per heavy atom. The zero-order valence-corrected chi connectivity index (χ0v) is 15.8. The first kappa shape index (κ1) is 18.1. The van der Waals surface area contributed by atoms with E-state index < -0.39 is 0 Å². The molecule has 2 aromatic carbocycles. The Hall–Kier alpha value is -2.73. The molecule has 0 radical (unpaired) electrons. The van der Waals surface area contributed by atoms with E-state index in [-0.39, 0.29) is 11.0 Å². The van der Waals surface area contributed by atoms with Crippen molar-refractivity contribution in [1.82, 2.24) is 10.3 Å². The number of amides is 1. The van der Waals surface area contributed by atoms with Gasteiger partial charge in [-0.15, -0.1) is 0 Å². The number of fused-ring (bicyclic) bond motifs is 1. The lowest BCUT2D eigenvalue weighted by atomic mass is 10.0. The van der Waals surface area contributed by atoms with Crippen molar-refractivity contribution in [2.75, 3.05) is 5.32 Å². The van der Waals surface area contributed by atoms with E-state index in [1.54, 1.807) is 0 Å². The maximum atomic E-state index is 11.0. The fourth-order valence-electron chi connectivity index (χ4n) is 2.63. The van der Waals surface area contributed by atoms with Crippen LogP contribution in [0.2, 0.25) is 0 Å². The van der Waals surface area contributed by atoms with Crippen molar-refractivity contribution in [2.45, 2.75) is 33.1 Å². The molecule has 0 aliphatic carbocycles. The summed E-state index contributed by atoms with van der Waals surface area (Å²) in [4.78, 5) is 15.6. The molecule has 0 aliphatic rings. The minimum absolute atomic E-state index is 0.198. The van der Waals surface area contributed by atoms with Crippen LogP contribution in [0.5, 0.6) is 0 Å². The van der Waals surface area contributed by atoms with E-state index in [9.17, 15) is 4.79 Å². The molecule has 0 saturated heterocycles. The second kappa shape index (κ2) is 7.66. The molecule has 0 aliphatic heterocycles. The normalized spacial score (nSPS) is 10.9. The van der Waals surface area contributed by atoms with Crippen LogP contribution in [-0.2, 0) is 11.2 Å². The van der Waals surface area contributed by atoms with Gasteiger partial charge >= 0.3 is 0 Å². The smallest absolute Gasteiger partial charge is 0.222 e. The van der Waals surface area contributed by atoms with Crippen LogP contribution < -0.4 is 10.6 Å². The molecule has 3 rings (SSSR count). The van der Waals surface area contributed by atoms with E-state index in [0.29, 0.717) is 18.2 Å². The van der Waals surface area contributed by atoms with Gasteiger partial charge in [-0.2, -0.15) is 0 Å². The Kier molecular flexibility index (Phi) is 5.32. The Morgan fingerprint density at radius 2 is 1.92 bits per heavy atom. The molecule has 5 nitrogen and oxygen atoms in total. The van der Waals surface area contributed by atoms with Crippen LogP contribution in [0.3, 0.4) is 0 Å². The third-order valence-electron chi connectivity index (χ3n) is 3.98. The molecule has 1 heterocycles. The minimum atomic E-state index is -0.198. The fraction of sp³-hybridized carbons (Fsp3) is 0.250. The van der Waals surface area contributed by atoms with Gasteiger partial charge in [0.05, 0.1) is 0 Å². The Labute approximate surface area is 157 Å². The molecule has 6 heteroatoms. The van der Waals surface area contributed by atoms with Crippen LogP contribution in [-0.4, -0.2) is 16.0 Å². The highest BCUT2D eigenvalue weighted by atomic mass is 32.1. The Balaban J connectivity index is 1.70. The highest BCUT2D eigenvalue weighted by molar-refractivity contribution is 7.80. The lowest BCUT2D eigenvalue weighted by Gasteiger charge is -2.08. The molecule has 1 aromatic heterocycles. The molecule has 26 heavy (non-hydrogen) atoms. The average molecular weight is 367 g/mol. The van der Waals surface area contributed by atoms with Gasteiger partial charge in [0.25, 0.3) is 0 Å². The fourth-order valence-corrected chi connectivity index (χ4v) is 2.89. The van der Waals surface area contributed by atoms with Crippen molar-refractivity contribution in [3.8, 4) is 0 Å². The van der Waals surface area contributed by atoms with Gasteiger partial charge in [0.2, 0.25) is 5.91 Å². The number of rotatable bonds is 4. The molecule has 0 fully saturated rings. The SMILES string of the molecule is CC(=O)NC(=S)Nc1ccc(Cc2nc3cc(C(C)C)ccc3o2)cc1. The molecule has 2 N–H and O–H groups in total. The van der Waals surface area contributed by atoms with Crippen LogP contribution in [0.1, 0.15) is 43.7 Å². The minimum Gasteiger partial charge on any atom is -0.440 e. The first-order valence-electron chi connectivity index (χ1n) is 8.47. The lowest BCUT2D eigenvalue weighted by molar-refractivity contribution is -0.117. The predicted molar refractivity (Wildman–Crippen MR) is 107 cm³/mol. The maximum absolute atomic E-state index is 11.0. The molecular weight excluding hydrogens is 346 g/mol. The Morgan fingerprint density at radius 3 is 2.58 bits per heavy atom. The van der Waals surface area contributed by atoms with Gasteiger partial charge in [-0.25, -0.2) is 4.98 Å². The average Bonchev–Trinajstić information content (AvgIpc) is 2.97. The van der Waals surface area contributed by atoms with Crippen LogP contribution in [0.25, 0.3) is 11.1 Å². The van der Waals surface area contributed by atoms with Crippen molar-refractivity contribution in [3.63, 3.8) is 0 Å². The topological polar surface area (TPSA) is 67.2 Å². The van der Waals surface area contributed by atoms with Crippen LogP contribution >= 0.6 is 12.2 Å². The predicted octanol–water partition coefficient (Wildman–Crippen LogP) is 4.37. The van der Waals surface area contributed by atoms with E-state index in [1.165, 1.54) is 12.5 Å². The van der Waals surface area contributed by atoms with Crippen molar-refractivity contribution >= 4 is 40.0 Å². The number of hydrogen-bond donors (Lipinski definition) is 2. The van der Waals surface area contributed by atoms with E-state index in [0.717, 1.165) is 22.4 Å². The van der Waals surface area contributed by atoms with Gasteiger partial charge < -0.3 is 15.1 Å². The summed E-state index contributed by atoms with van der Waals surface area (Å²) in [7, 11) is 0. The highest BCUT2D eigenvalue weighted by Gasteiger charge is 2.09. The van der Waals surface area contributed by atoms with E-state index >= 15 is 0 Å². The molecule has 3 aromatic rings. The van der Waals surface area contributed by atoms with E-state index in [4.69, 9.17) is 16.6 Å².